The zero-order valence-corrected chi connectivity index (χ0v) is 19.3. The van der Waals surface area contributed by atoms with E-state index < -0.39 is 23.8 Å². The first-order valence-electron chi connectivity index (χ1n) is 11.2. The molecule has 3 aromatic carbocycles. The standard InChI is InChI=1S/C28H23N3O4/c1-17-7-5-8-18(15-17)16-23(31-27(33)19-9-3-4-10-20(19)28(31)34)26(32)30-22-12-13-24(35-2)21-11-6-14-29-25(21)22/h3-15,23H,16H2,1-2H3,(H,30,32)/t23-/m0/s1. The van der Waals surface area contributed by atoms with Crippen LogP contribution in [0.4, 0.5) is 5.69 Å². The van der Waals surface area contributed by atoms with Gasteiger partial charge < -0.3 is 10.1 Å². The van der Waals surface area contributed by atoms with Crippen molar-refractivity contribution in [2.45, 2.75) is 19.4 Å². The van der Waals surface area contributed by atoms with Crippen LogP contribution in [-0.4, -0.2) is 40.8 Å². The van der Waals surface area contributed by atoms with Crippen molar-refractivity contribution in [1.29, 1.82) is 0 Å². The number of hydrogen-bond acceptors (Lipinski definition) is 5. The molecule has 0 fully saturated rings. The van der Waals surface area contributed by atoms with Gasteiger partial charge in [-0.1, -0.05) is 42.0 Å². The fraction of sp³-hybridized carbons (Fsp3) is 0.143. The van der Waals surface area contributed by atoms with Gasteiger partial charge in [0, 0.05) is 18.0 Å². The van der Waals surface area contributed by atoms with Crippen LogP contribution >= 0.6 is 0 Å². The van der Waals surface area contributed by atoms with Gasteiger partial charge in [0.15, 0.2) is 0 Å². The van der Waals surface area contributed by atoms with Gasteiger partial charge in [0.1, 0.15) is 11.8 Å². The van der Waals surface area contributed by atoms with E-state index in [1.807, 2.05) is 37.3 Å². The minimum absolute atomic E-state index is 0.181. The Morgan fingerprint density at radius 2 is 1.71 bits per heavy atom. The highest BCUT2D eigenvalue weighted by atomic mass is 16.5. The number of aryl methyl sites for hydroxylation is 1. The monoisotopic (exact) mass is 465 g/mol. The number of pyridine rings is 1. The number of ether oxygens (including phenoxy) is 1. The average molecular weight is 466 g/mol. The number of fused-ring (bicyclic) bond motifs is 2. The topological polar surface area (TPSA) is 88.6 Å². The third-order valence-corrected chi connectivity index (χ3v) is 6.16. The number of benzene rings is 3. The molecule has 1 aliphatic heterocycles. The SMILES string of the molecule is COc1ccc(NC(=O)[C@H](Cc2cccc(C)c2)N2C(=O)c3ccccc3C2=O)c2ncccc12. The van der Waals surface area contributed by atoms with Crippen molar-refractivity contribution >= 4 is 34.3 Å². The van der Waals surface area contributed by atoms with Crippen molar-refractivity contribution in [2.24, 2.45) is 0 Å². The molecule has 0 bridgehead atoms. The molecule has 174 valence electrons. The lowest BCUT2D eigenvalue weighted by Crippen LogP contribution is -2.48. The summed E-state index contributed by atoms with van der Waals surface area (Å²) in [6.07, 6.45) is 1.81. The number of anilines is 1. The number of carbonyl (C=O) groups excluding carboxylic acids is 3. The van der Waals surface area contributed by atoms with Gasteiger partial charge >= 0.3 is 0 Å². The summed E-state index contributed by atoms with van der Waals surface area (Å²) in [5.74, 6) is -0.798. The van der Waals surface area contributed by atoms with Crippen LogP contribution in [0.5, 0.6) is 5.75 Å². The zero-order valence-electron chi connectivity index (χ0n) is 19.3. The van der Waals surface area contributed by atoms with E-state index in [2.05, 4.69) is 10.3 Å². The Balaban J connectivity index is 1.54. The van der Waals surface area contributed by atoms with Crippen molar-refractivity contribution in [1.82, 2.24) is 9.88 Å². The Labute approximate surface area is 202 Å². The van der Waals surface area contributed by atoms with Crippen LogP contribution in [-0.2, 0) is 11.2 Å². The Kier molecular flexibility index (Phi) is 5.74. The molecule has 2 heterocycles. The van der Waals surface area contributed by atoms with Crippen LogP contribution in [0, 0.1) is 6.92 Å². The second kappa shape index (κ2) is 9.02. The van der Waals surface area contributed by atoms with Crippen molar-refractivity contribution < 1.29 is 19.1 Å². The Morgan fingerprint density at radius 3 is 2.40 bits per heavy atom. The molecule has 7 nitrogen and oxygen atoms in total. The second-order valence-electron chi connectivity index (χ2n) is 8.44. The molecule has 0 unspecified atom stereocenters. The molecule has 35 heavy (non-hydrogen) atoms. The molecule has 1 atom stereocenters. The van der Waals surface area contributed by atoms with Gasteiger partial charge in [0.05, 0.1) is 29.4 Å². The van der Waals surface area contributed by atoms with Crippen LogP contribution in [0.15, 0.2) is 79.0 Å². The summed E-state index contributed by atoms with van der Waals surface area (Å²) in [5, 5.41) is 3.65. The summed E-state index contributed by atoms with van der Waals surface area (Å²) < 4.78 is 5.42. The smallest absolute Gasteiger partial charge is 0.262 e. The van der Waals surface area contributed by atoms with Crippen LogP contribution in [0.3, 0.4) is 0 Å². The lowest BCUT2D eigenvalue weighted by atomic mass is 10.0. The van der Waals surface area contributed by atoms with Gasteiger partial charge in [-0.25, -0.2) is 0 Å². The summed E-state index contributed by atoms with van der Waals surface area (Å²) in [6.45, 7) is 1.95. The fourth-order valence-electron chi connectivity index (χ4n) is 4.50. The maximum atomic E-state index is 13.7. The minimum atomic E-state index is -1.05. The number of amides is 3. The van der Waals surface area contributed by atoms with Crippen LogP contribution in [0.2, 0.25) is 0 Å². The van der Waals surface area contributed by atoms with Crippen molar-refractivity contribution in [3.05, 3.63) is 101 Å². The molecule has 0 radical (unpaired) electrons. The number of carbonyl (C=O) groups is 3. The van der Waals surface area contributed by atoms with Crippen molar-refractivity contribution in [3.8, 4) is 5.75 Å². The van der Waals surface area contributed by atoms with Gasteiger partial charge in [-0.2, -0.15) is 0 Å². The van der Waals surface area contributed by atoms with E-state index in [4.69, 9.17) is 4.74 Å². The molecule has 5 rings (SSSR count). The molecule has 0 spiro atoms. The molecule has 1 aliphatic rings. The van der Waals surface area contributed by atoms with Gasteiger partial charge in [0.25, 0.3) is 11.8 Å². The summed E-state index contributed by atoms with van der Waals surface area (Å²) in [5.41, 5.74) is 3.50. The first-order valence-corrected chi connectivity index (χ1v) is 11.2. The van der Waals surface area contributed by atoms with Crippen LogP contribution < -0.4 is 10.1 Å². The normalized spacial score (nSPS) is 13.6. The van der Waals surface area contributed by atoms with Crippen LogP contribution in [0.25, 0.3) is 10.9 Å². The molecule has 7 heteroatoms. The highest BCUT2D eigenvalue weighted by molar-refractivity contribution is 6.23. The van der Waals surface area contributed by atoms with E-state index in [0.29, 0.717) is 28.1 Å². The quantitative estimate of drug-likeness (QED) is 0.427. The number of nitrogens with zero attached hydrogens (tertiary/aromatic N) is 2. The van der Waals surface area contributed by atoms with E-state index in [9.17, 15) is 14.4 Å². The molecule has 0 aliphatic carbocycles. The molecule has 3 amide bonds. The number of nitrogens with one attached hydrogen (secondary N) is 1. The van der Waals surface area contributed by atoms with E-state index in [0.717, 1.165) is 21.4 Å². The maximum Gasteiger partial charge on any atom is 0.262 e. The largest absolute Gasteiger partial charge is 0.496 e. The van der Waals surface area contributed by atoms with Gasteiger partial charge in [0.2, 0.25) is 5.91 Å². The van der Waals surface area contributed by atoms with Gasteiger partial charge in [-0.15, -0.1) is 0 Å². The number of aromatic nitrogens is 1. The maximum absolute atomic E-state index is 13.7. The third kappa shape index (κ3) is 4.01. The molecule has 0 saturated heterocycles. The molecular weight excluding hydrogens is 442 g/mol. The summed E-state index contributed by atoms with van der Waals surface area (Å²) in [7, 11) is 1.57. The van der Waals surface area contributed by atoms with Crippen molar-refractivity contribution in [2.75, 3.05) is 12.4 Å². The summed E-state index contributed by atoms with van der Waals surface area (Å²) in [4.78, 5) is 45.7. The third-order valence-electron chi connectivity index (χ3n) is 6.16. The predicted octanol–water partition coefficient (Wildman–Crippen LogP) is 4.40. The summed E-state index contributed by atoms with van der Waals surface area (Å²) in [6, 6.07) is 20.4. The molecule has 1 aromatic heterocycles. The average Bonchev–Trinajstić information content (AvgIpc) is 3.12. The Bertz CT molecular complexity index is 1450. The first-order chi connectivity index (χ1) is 17.0. The second-order valence-corrected chi connectivity index (χ2v) is 8.44. The van der Waals surface area contributed by atoms with E-state index in [-0.39, 0.29) is 6.42 Å². The number of rotatable bonds is 6. The zero-order chi connectivity index (χ0) is 24.5. The van der Waals surface area contributed by atoms with Gasteiger partial charge in [-0.05, 0) is 48.9 Å². The fourth-order valence-corrected chi connectivity index (χ4v) is 4.50. The predicted molar refractivity (Wildman–Crippen MR) is 133 cm³/mol. The lowest BCUT2D eigenvalue weighted by molar-refractivity contribution is -0.119. The molecular formula is C28H23N3O4. The van der Waals surface area contributed by atoms with Crippen LogP contribution in [0.1, 0.15) is 31.8 Å². The minimum Gasteiger partial charge on any atom is -0.496 e. The van der Waals surface area contributed by atoms with Gasteiger partial charge in [-0.3, -0.25) is 24.3 Å². The van der Waals surface area contributed by atoms with E-state index in [1.54, 1.807) is 55.8 Å². The number of imide groups is 1. The Morgan fingerprint density at radius 1 is 0.971 bits per heavy atom. The summed E-state index contributed by atoms with van der Waals surface area (Å²) >= 11 is 0. The van der Waals surface area contributed by atoms with Crippen molar-refractivity contribution in [3.63, 3.8) is 0 Å². The number of hydrogen-bond donors (Lipinski definition) is 1. The Hall–Kier alpha value is -4.52. The molecule has 1 N–H and O–H groups in total. The highest BCUT2D eigenvalue weighted by Crippen LogP contribution is 2.31. The van der Waals surface area contributed by atoms with E-state index in [1.165, 1.54) is 0 Å². The lowest BCUT2D eigenvalue weighted by Gasteiger charge is -2.26. The highest BCUT2D eigenvalue weighted by Gasteiger charge is 2.42. The number of methoxy groups -OCH3 is 1. The first kappa shape index (κ1) is 22.3. The van der Waals surface area contributed by atoms with E-state index >= 15 is 0 Å². The molecule has 0 saturated carbocycles. The molecule has 4 aromatic rings.